The Morgan fingerprint density at radius 1 is 1.47 bits per heavy atom. The summed E-state index contributed by atoms with van der Waals surface area (Å²) in [4.78, 5) is 2.03. The molecular weight excluding hydrogens is 245 g/mol. The van der Waals surface area contributed by atoms with Crippen LogP contribution in [0.4, 0.5) is 10.1 Å². The lowest BCUT2D eigenvalue weighted by Crippen LogP contribution is -2.41. The average Bonchev–Trinajstić information content (AvgIpc) is 2.32. The highest BCUT2D eigenvalue weighted by molar-refractivity contribution is 5.95. The van der Waals surface area contributed by atoms with Gasteiger partial charge in [0.15, 0.2) is 0 Å². The van der Waals surface area contributed by atoms with Crippen molar-refractivity contribution in [2.75, 3.05) is 18.1 Å². The summed E-state index contributed by atoms with van der Waals surface area (Å²) in [5, 5.41) is 16.3. The Labute approximate surface area is 112 Å². The molecule has 1 aliphatic rings. The SMILES string of the molecule is N=C(N)c1ccc(N(CCCO)C2CCC2)c(F)c1. The Hall–Kier alpha value is -1.62. The van der Waals surface area contributed by atoms with Crippen LogP contribution < -0.4 is 10.6 Å². The first-order valence-corrected chi connectivity index (χ1v) is 6.65. The Balaban J connectivity index is 2.22. The van der Waals surface area contributed by atoms with Gasteiger partial charge in [0.2, 0.25) is 0 Å². The summed E-state index contributed by atoms with van der Waals surface area (Å²) in [6, 6.07) is 5.03. The molecule has 0 aromatic heterocycles. The van der Waals surface area contributed by atoms with E-state index < -0.39 is 0 Å². The maximum absolute atomic E-state index is 14.2. The van der Waals surface area contributed by atoms with Gasteiger partial charge in [0.25, 0.3) is 0 Å². The molecular formula is C14H20FN3O. The predicted octanol–water partition coefficient (Wildman–Crippen LogP) is 1.85. The van der Waals surface area contributed by atoms with Crippen LogP contribution in [-0.2, 0) is 0 Å². The molecule has 0 spiro atoms. The first-order valence-electron chi connectivity index (χ1n) is 6.65. The molecule has 0 amide bonds. The van der Waals surface area contributed by atoms with Gasteiger partial charge in [0.05, 0.1) is 5.69 Å². The minimum Gasteiger partial charge on any atom is -0.396 e. The van der Waals surface area contributed by atoms with E-state index in [1.54, 1.807) is 12.1 Å². The summed E-state index contributed by atoms with van der Waals surface area (Å²) in [7, 11) is 0. The van der Waals surface area contributed by atoms with Crippen LogP contribution in [0.2, 0.25) is 0 Å². The third-order valence-electron chi connectivity index (χ3n) is 3.64. The third-order valence-corrected chi connectivity index (χ3v) is 3.64. The van der Waals surface area contributed by atoms with Crippen LogP contribution in [0.25, 0.3) is 0 Å². The number of nitrogen functional groups attached to an aromatic ring is 1. The van der Waals surface area contributed by atoms with Crippen LogP contribution in [0, 0.1) is 11.2 Å². The number of hydrogen-bond donors (Lipinski definition) is 3. The predicted molar refractivity (Wildman–Crippen MR) is 74.1 cm³/mol. The zero-order valence-electron chi connectivity index (χ0n) is 10.9. The Morgan fingerprint density at radius 3 is 2.68 bits per heavy atom. The molecule has 0 radical (unpaired) electrons. The molecule has 4 N–H and O–H groups in total. The Kier molecular flexibility index (Phi) is 4.37. The molecule has 1 fully saturated rings. The molecule has 2 rings (SSSR count). The van der Waals surface area contributed by atoms with Crippen LogP contribution >= 0.6 is 0 Å². The molecule has 1 aromatic carbocycles. The van der Waals surface area contributed by atoms with Crippen molar-refractivity contribution in [1.29, 1.82) is 5.41 Å². The minimum atomic E-state index is -0.350. The third kappa shape index (κ3) is 3.04. The smallest absolute Gasteiger partial charge is 0.147 e. The molecule has 0 aliphatic heterocycles. The summed E-state index contributed by atoms with van der Waals surface area (Å²) in [6.07, 6.45) is 3.94. The largest absolute Gasteiger partial charge is 0.396 e. The van der Waals surface area contributed by atoms with Crippen molar-refractivity contribution in [1.82, 2.24) is 0 Å². The van der Waals surface area contributed by atoms with Crippen molar-refractivity contribution in [2.24, 2.45) is 5.73 Å². The number of benzene rings is 1. The van der Waals surface area contributed by atoms with Crippen LogP contribution in [0.15, 0.2) is 18.2 Å². The lowest BCUT2D eigenvalue weighted by Gasteiger charge is -2.39. The Morgan fingerprint density at radius 2 is 2.21 bits per heavy atom. The molecule has 4 nitrogen and oxygen atoms in total. The van der Waals surface area contributed by atoms with E-state index in [4.69, 9.17) is 16.2 Å². The maximum Gasteiger partial charge on any atom is 0.147 e. The van der Waals surface area contributed by atoms with E-state index in [0.717, 1.165) is 12.8 Å². The maximum atomic E-state index is 14.2. The summed E-state index contributed by atoms with van der Waals surface area (Å²) in [5.41, 5.74) is 6.30. The van der Waals surface area contributed by atoms with Crippen LogP contribution in [0.5, 0.6) is 0 Å². The number of amidine groups is 1. The first-order chi connectivity index (χ1) is 9.13. The molecule has 1 aliphatic carbocycles. The summed E-state index contributed by atoms with van der Waals surface area (Å²) < 4.78 is 14.2. The van der Waals surface area contributed by atoms with Crippen molar-refractivity contribution in [3.05, 3.63) is 29.6 Å². The van der Waals surface area contributed by atoms with Gasteiger partial charge in [0, 0.05) is 24.8 Å². The van der Waals surface area contributed by atoms with Gasteiger partial charge >= 0.3 is 0 Å². The second-order valence-corrected chi connectivity index (χ2v) is 4.94. The number of nitrogens with one attached hydrogen (secondary N) is 1. The molecule has 0 heterocycles. The number of rotatable bonds is 6. The van der Waals surface area contributed by atoms with E-state index in [1.165, 1.54) is 12.5 Å². The fourth-order valence-corrected chi connectivity index (χ4v) is 2.35. The van der Waals surface area contributed by atoms with Crippen molar-refractivity contribution < 1.29 is 9.50 Å². The van der Waals surface area contributed by atoms with E-state index >= 15 is 0 Å². The minimum absolute atomic E-state index is 0.108. The number of aliphatic hydroxyl groups excluding tert-OH is 1. The van der Waals surface area contributed by atoms with Crippen LogP contribution in [-0.4, -0.2) is 30.1 Å². The van der Waals surface area contributed by atoms with Crippen molar-refractivity contribution in [3.8, 4) is 0 Å². The second kappa shape index (κ2) is 6.02. The molecule has 0 unspecified atom stereocenters. The molecule has 19 heavy (non-hydrogen) atoms. The van der Waals surface area contributed by atoms with Gasteiger partial charge in [-0.25, -0.2) is 4.39 Å². The monoisotopic (exact) mass is 265 g/mol. The van der Waals surface area contributed by atoms with E-state index in [9.17, 15) is 4.39 Å². The topological polar surface area (TPSA) is 73.3 Å². The number of nitrogens with two attached hydrogens (primary N) is 1. The molecule has 104 valence electrons. The molecule has 1 aromatic rings. The van der Waals surface area contributed by atoms with Gasteiger partial charge in [-0.3, -0.25) is 5.41 Å². The number of halogens is 1. The lowest BCUT2D eigenvalue weighted by atomic mass is 9.90. The van der Waals surface area contributed by atoms with Gasteiger partial charge in [-0.05, 0) is 43.9 Å². The molecule has 5 heteroatoms. The molecule has 0 atom stereocenters. The highest BCUT2D eigenvalue weighted by Crippen LogP contribution is 2.31. The van der Waals surface area contributed by atoms with Gasteiger partial charge in [0.1, 0.15) is 11.7 Å². The van der Waals surface area contributed by atoms with Crippen LogP contribution in [0.1, 0.15) is 31.2 Å². The van der Waals surface area contributed by atoms with Crippen LogP contribution in [0.3, 0.4) is 0 Å². The highest BCUT2D eigenvalue weighted by Gasteiger charge is 2.26. The number of nitrogens with zero attached hydrogens (tertiary/aromatic N) is 1. The summed E-state index contributed by atoms with van der Waals surface area (Å²) >= 11 is 0. The molecule has 0 bridgehead atoms. The van der Waals surface area contributed by atoms with Gasteiger partial charge in [-0.1, -0.05) is 0 Å². The quantitative estimate of drug-likeness (QED) is 0.543. The molecule has 0 saturated heterocycles. The number of aliphatic hydroxyl groups is 1. The standard InChI is InChI=1S/C14H20FN3O/c15-12-9-10(14(16)17)5-6-13(12)18(7-2-8-19)11-3-1-4-11/h5-6,9,11,19H,1-4,7-8H2,(H3,16,17). The van der Waals surface area contributed by atoms with Crippen molar-refractivity contribution in [2.45, 2.75) is 31.7 Å². The van der Waals surface area contributed by atoms with Gasteiger partial charge in [-0.2, -0.15) is 0 Å². The van der Waals surface area contributed by atoms with Gasteiger partial charge in [-0.15, -0.1) is 0 Å². The number of hydrogen-bond acceptors (Lipinski definition) is 3. The first kappa shape index (κ1) is 13.8. The van der Waals surface area contributed by atoms with Gasteiger partial charge < -0.3 is 15.7 Å². The average molecular weight is 265 g/mol. The van der Waals surface area contributed by atoms with E-state index in [1.807, 2.05) is 4.90 Å². The number of anilines is 1. The Bertz CT molecular complexity index is 460. The highest BCUT2D eigenvalue weighted by atomic mass is 19.1. The zero-order chi connectivity index (χ0) is 13.8. The second-order valence-electron chi connectivity index (χ2n) is 4.94. The van der Waals surface area contributed by atoms with E-state index in [2.05, 4.69) is 0 Å². The van der Waals surface area contributed by atoms with E-state index in [-0.39, 0.29) is 18.3 Å². The molecule has 1 saturated carbocycles. The summed E-state index contributed by atoms with van der Waals surface area (Å²) in [6.45, 7) is 0.758. The normalized spacial score (nSPS) is 15.1. The lowest BCUT2D eigenvalue weighted by molar-refractivity contribution is 0.282. The fourth-order valence-electron chi connectivity index (χ4n) is 2.35. The van der Waals surface area contributed by atoms with Crippen molar-refractivity contribution in [3.63, 3.8) is 0 Å². The fraction of sp³-hybridized carbons (Fsp3) is 0.500. The van der Waals surface area contributed by atoms with Crippen molar-refractivity contribution >= 4 is 11.5 Å². The zero-order valence-corrected chi connectivity index (χ0v) is 10.9. The summed E-state index contributed by atoms with van der Waals surface area (Å²) in [5.74, 6) is -0.478. The van der Waals surface area contributed by atoms with E-state index in [0.29, 0.717) is 30.3 Å².